The first-order valence-electron chi connectivity index (χ1n) is 10.1. The minimum absolute atomic E-state index is 0.272. The van der Waals surface area contributed by atoms with Crippen LogP contribution in [0.1, 0.15) is 35.5 Å². The molecule has 3 heterocycles. The number of rotatable bonds is 4. The van der Waals surface area contributed by atoms with E-state index < -0.39 is 17.6 Å². The van der Waals surface area contributed by atoms with Crippen molar-refractivity contribution in [3.63, 3.8) is 0 Å². The maximum Gasteiger partial charge on any atom is 0.449 e. The van der Waals surface area contributed by atoms with E-state index in [0.29, 0.717) is 31.0 Å². The van der Waals surface area contributed by atoms with Gasteiger partial charge in [-0.05, 0) is 43.8 Å². The van der Waals surface area contributed by atoms with Crippen LogP contribution >= 0.6 is 0 Å². The van der Waals surface area contributed by atoms with Crippen molar-refractivity contribution in [2.75, 3.05) is 26.2 Å². The Morgan fingerprint density at radius 2 is 1.79 bits per heavy atom. The fraction of sp³-hybridized carbons (Fsp3) is 0.524. The quantitative estimate of drug-likeness (QED) is 0.848. The third kappa shape index (κ3) is 4.87. The number of likely N-dealkylation sites (tertiary alicyclic amines) is 1. The highest BCUT2D eigenvalue weighted by Gasteiger charge is 2.36. The zero-order valence-electron chi connectivity index (χ0n) is 16.2. The molecule has 2 aliphatic rings. The Morgan fingerprint density at radius 1 is 1.07 bits per heavy atom. The average Bonchev–Trinajstić information content (AvgIpc) is 2.69. The molecule has 1 saturated heterocycles. The zero-order valence-corrected chi connectivity index (χ0v) is 16.2. The molecule has 1 aromatic carbocycles. The second-order valence-electron chi connectivity index (χ2n) is 8.03. The van der Waals surface area contributed by atoms with Gasteiger partial charge in [-0.2, -0.15) is 13.2 Å². The Hall–Kier alpha value is -2.19. The van der Waals surface area contributed by atoms with Crippen molar-refractivity contribution in [2.24, 2.45) is 5.92 Å². The minimum Gasteiger partial charge on any atom is -0.303 e. The highest BCUT2D eigenvalue weighted by molar-refractivity contribution is 5.21. The standard InChI is InChI=1S/C21H25F3N4O/c22-21(23,24)20-25-18-14-28(11-8-17(18)19(29)26-20)13-16-6-9-27(10-7-16)12-15-4-2-1-3-5-15/h1-5,16H,6-14H2,(H,25,26,29). The van der Waals surface area contributed by atoms with E-state index in [1.54, 1.807) is 0 Å². The van der Waals surface area contributed by atoms with Gasteiger partial charge in [0.15, 0.2) is 0 Å². The summed E-state index contributed by atoms with van der Waals surface area (Å²) in [5.74, 6) is -0.676. The normalized spacial score (nSPS) is 19.3. The molecule has 0 atom stereocenters. The summed E-state index contributed by atoms with van der Waals surface area (Å²) in [5, 5.41) is 0. The van der Waals surface area contributed by atoms with Gasteiger partial charge in [0.05, 0.1) is 5.69 Å². The number of aromatic nitrogens is 2. The number of piperidine rings is 1. The van der Waals surface area contributed by atoms with Gasteiger partial charge in [0.2, 0.25) is 5.82 Å². The molecule has 0 saturated carbocycles. The molecule has 2 aromatic rings. The maximum absolute atomic E-state index is 12.9. The lowest BCUT2D eigenvalue weighted by atomic mass is 9.94. The van der Waals surface area contributed by atoms with Crippen LogP contribution in [0.15, 0.2) is 35.1 Å². The summed E-state index contributed by atoms with van der Waals surface area (Å²) in [7, 11) is 0. The monoisotopic (exact) mass is 406 g/mol. The van der Waals surface area contributed by atoms with E-state index in [1.165, 1.54) is 5.56 Å². The van der Waals surface area contributed by atoms with Gasteiger partial charge in [-0.15, -0.1) is 0 Å². The first kappa shape index (κ1) is 20.1. The number of halogens is 3. The van der Waals surface area contributed by atoms with Crippen LogP contribution in [-0.4, -0.2) is 45.9 Å². The zero-order chi connectivity index (χ0) is 20.4. The average molecular weight is 406 g/mol. The minimum atomic E-state index is -4.64. The summed E-state index contributed by atoms with van der Waals surface area (Å²) in [5.41, 5.74) is 1.33. The van der Waals surface area contributed by atoms with Crippen molar-refractivity contribution in [3.8, 4) is 0 Å². The van der Waals surface area contributed by atoms with Crippen molar-refractivity contribution in [3.05, 3.63) is 63.3 Å². The van der Waals surface area contributed by atoms with Crippen LogP contribution in [0, 0.1) is 5.92 Å². The van der Waals surface area contributed by atoms with Gasteiger partial charge in [0, 0.05) is 31.7 Å². The number of nitrogens with one attached hydrogen (secondary N) is 1. The van der Waals surface area contributed by atoms with Gasteiger partial charge in [-0.25, -0.2) is 4.98 Å². The van der Waals surface area contributed by atoms with Gasteiger partial charge in [0.25, 0.3) is 5.56 Å². The molecule has 1 fully saturated rings. The topological polar surface area (TPSA) is 52.2 Å². The third-order valence-electron chi connectivity index (χ3n) is 5.89. The van der Waals surface area contributed by atoms with Crippen LogP contribution in [0.5, 0.6) is 0 Å². The van der Waals surface area contributed by atoms with Gasteiger partial charge in [-0.1, -0.05) is 30.3 Å². The number of fused-ring (bicyclic) bond motifs is 1. The van der Waals surface area contributed by atoms with E-state index >= 15 is 0 Å². The molecule has 1 aromatic heterocycles. The van der Waals surface area contributed by atoms with E-state index in [0.717, 1.165) is 39.0 Å². The predicted octanol–water partition coefficient (Wildman–Crippen LogP) is 3.06. The first-order valence-corrected chi connectivity index (χ1v) is 10.1. The molecule has 8 heteroatoms. The highest BCUT2D eigenvalue weighted by Crippen LogP contribution is 2.27. The van der Waals surface area contributed by atoms with Crippen LogP contribution < -0.4 is 5.56 Å². The smallest absolute Gasteiger partial charge is 0.303 e. The number of benzene rings is 1. The van der Waals surface area contributed by atoms with E-state index in [9.17, 15) is 18.0 Å². The molecule has 5 nitrogen and oxygen atoms in total. The Balaban J connectivity index is 1.33. The molecule has 4 rings (SSSR count). The second kappa shape index (κ2) is 8.28. The van der Waals surface area contributed by atoms with Crippen LogP contribution in [0.4, 0.5) is 13.2 Å². The number of nitrogens with zero attached hydrogens (tertiary/aromatic N) is 3. The first-order chi connectivity index (χ1) is 13.9. The Morgan fingerprint density at radius 3 is 2.48 bits per heavy atom. The van der Waals surface area contributed by atoms with Gasteiger partial charge < -0.3 is 4.98 Å². The van der Waals surface area contributed by atoms with E-state index in [2.05, 4.69) is 39.0 Å². The summed E-state index contributed by atoms with van der Waals surface area (Å²) >= 11 is 0. The third-order valence-corrected chi connectivity index (χ3v) is 5.89. The molecule has 1 N–H and O–H groups in total. The van der Waals surface area contributed by atoms with Crippen LogP contribution in [0.2, 0.25) is 0 Å². The fourth-order valence-corrected chi connectivity index (χ4v) is 4.32. The Kier molecular flexibility index (Phi) is 5.74. The summed E-state index contributed by atoms with van der Waals surface area (Å²) in [6.45, 7) is 4.85. The SMILES string of the molecule is O=c1[nH]c(C(F)(F)F)nc2c1CCN(CC1CCN(Cc3ccccc3)CC1)C2. The van der Waals surface area contributed by atoms with Crippen molar-refractivity contribution >= 4 is 0 Å². The Labute approximate surface area is 167 Å². The lowest BCUT2D eigenvalue weighted by molar-refractivity contribution is -0.145. The molecule has 0 unspecified atom stereocenters. The molecule has 2 aliphatic heterocycles. The summed E-state index contributed by atoms with van der Waals surface area (Å²) in [6, 6.07) is 10.4. The van der Waals surface area contributed by atoms with Crippen LogP contribution in [0.3, 0.4) is 0 Å². The molecule has 29 heavy (non-hydrogen) atoms. The van der Waals surface area contributed by atoms with E-state index in [-0.39, 0.29) is 5.69 Å². The lowest BCUT2D eigenvalue weighted by Crippen LogP contribution is -2.42. The van der Waals surface area contributed by atoms with Crippen molar-refractivity contribution < 1.29 is 13.2 Å². The molecule has 0 bridgehead atoms. The van der Waals surface area contributed by atoms with Gasteiger partial charge in [-0.3, -0.25) is 14.6 Å². The molecule has 0 radical (unpaired) electrons. The number of hydrogen-bond acceptors (Lipinski definition) is 4. The van der Waals surface area contributed by atoms with Crippen molar-refractivity contribution in [2.45, 2.75) is 38.5 Å². The molecule has 0 spiro atoms. The van der Waals surface area contributed by atoms with Crippen LogP contribution in [-0.2, 0) is 25.7 Å². The number of aromatic amines is 1. The summed E-state index contributed by atoms with van der Waals surface area (Å²) < 4.78 is 38.8. The van der Waals surface area contributed by atoms with Crippen molar-refractivity contribution in [1.82, 2.24) is 19.8 Å². The highest BCUT2D eigenvalue weighted by atomic mass is 19.4. The predicted molar refractivity (Wildman–Crippen MR) is 103 cm³/mol. The summed E-state index contributed by atoms with van der Waals surface area (Å²) in [6.07, 6.45) is -2.04. The number of H-pyrrole nitrogens is 1. The molecule has 0 aliphatic carbocycles. The number of alkyl halides is 3. The second-order valence-corrected chi connectivity index (χ2v) is 8.03. The van der Waals surface area contributed by atoms with Crippen LogP contribution in [0.25, 0.3) is 0 Å². The molecular formula is C21H25F3N4O. The molecule has 0 amide bonds. The van der Waals surface area contributed by atoms with E-state index in [1.807, 2.05) is 11.1 Å². The fourth-order valence-electron chi connectivity index (χ4n) is 4.32. The summed E-state index contributed by atoms with van der Waals surface area (Å²) in [4.78, 5) is 22.2. The Bertz CT molecular complexity index is 889. The van der Waals surface area contributed by atoms with Crippen molar-refractivity contribution in [1.29, 1.82) is 0 Å². The van der Waals surface area contributed by atoms with Gasteiger partial charge in [0.1, 0.15) is 0 Å². The van der Waals surface area contributed by atoms with E-state index in [4.69, 9.17) is 0 Å². The maximum atomic E-state index is 12.9. The number of hydrogen-bond donors (Lipinski definition) is 1. The van der Waals surface area contributed by atoms with Gasteiger partial charge >= 0.3 is 6.18 Å². The largest absolute Gasteiger partial charge is 0.449 e. The lowest BCUT2D eigenvalue weighted by Gasteiger charge is -2.36. The molecule has 156 valence electrons. The molecular weight excluding hydrogens is 381 g/mol.